The molecule has 11 heavy (non-hydrogen) atoms. The van der Waals surface area contributed by atoms with Gasteiger partial charge in [-0.1, -0.05) is 0 Å². The Hall–Kier alpha value is -1.09. The van der Waals surface area contributed by atoms with E-state index in [1.54, 1.807) is 0 Å². The van der Waals surface area contributed by atoms with E-state index in [1.807, 2.05) is 6.20 Å². The van der Waals surface area contributed by atoms with E-state index in [1.165, 1.54) is 5.56 Å². The lowest BCUT2D eigenvalue weighted by Gasteiger charge is -2.11. The summed E-state index contributed by atoms with van der Waals surface area (Å²) < 4.78 is 5.22. The third kappa shape index (κ3) is 0.973. The van der Waals surface area contributed by atoms with E-state index in [2.05, 4.69) is 4.98 Å². The van der Waals surface area contributed by atoms with Crippen LogP contribution in [0.1, 0.15) is 21.6 Å². The topological polar surface area (TPSA) is 42.1 Å². The number of nitrogens with one attached hydrogen (secondary N) is 1. The summed E-state index contributed by atoms with van der Waals surface area (Å²) in [5.74, 6) is 0. The molecule has 0 spiro atoms. The van der Waals surface area contributed by atoms with Gasteiger partial charge in [0.15, 0.2) is 6.29 Å². The predicted octanol–water partition coefficient (Wildman–Crippen LogP) is 0.900. The number of aldehydes is 1. The van der Waals surface area contributed by atoms with Crippen molar-refractivity contribution < 1.29 is 9.53 Å². The molecule has 0 bridgehead atoms. The van der Waals surface area contributed by atoms with Crippen LogP contribution < -0.4 is 0 Å². The van der Waals surface area contributed by atoms with E-state index >= 15 is 0 Å². The molecule has 0 unspecified atom stereocenters. The van der Waals surface area contributed by atoms with Gasteiger partial charge in [-0.05, 0) is 12.0 Å². The summed E-state index contributed by atoms with van der Waals surface area (Å²) >= 11 is 0. The first-order chi connectivity index (χ1) is 5.42. The van der Waals surface area contributed by atoms with Crippen LogP contribution in [0, 0.1) is 0 Å². The molecule has 0 saturated carbocycles. The van der Waals surface area contributed by atoms with Crippen molar-refractivity contribution in [2.75, 3.05) is 6.61 Å². The van der Waals surface area contributed by atoms with E-state index in [9.17, 15) is 4.79 Å². The van der Waals surface area contributed by atoms with Gasteiger partial charge < -0.3 is 9.72 Å². The molecule has 0 fully saturated rings. The third-order valence-electron chi connectivity index (χ3n) is 1.99. The largest absolute Gasteiger partial charge is 0.376 e. The van der Waals surface area contributed by atoms with Crippen LogP contribution >= 0.6 is 0 Å². The zero-order valence-corrected chi connectivity index (χ0v) is 6.09. The number of aromatic amines is 1. The zero-order valence-electron chi connectivity index (χ0n) is 6.09. The first-order valence-electron chi connectivity index (χ1n) is 3.64. The average molecular weight is 151 g/mol. The van der Waals surface area contributed by atoms with Crippen molar-refractivity contribution in [3.05, 3.63) is 23.0 Å². The van der Waals surface area contributed by atoms with Gasteiger partial charge in [0.05, 0.1) is 18.9 Å². The molecule has 1 aliphatic heterocycles. The van der Waals surface area contributed by atoms with E-state index in [0.717, 1.165) is 24.9 Å². The molecular weight excluding hydrogens is 142 g/mol. The number of ether oxygens (including phenoxy) is 1. The van der Waals surface area contributed by atoms with Gasteiger partial charge in [-0.3, -0.25) is 4.79 Å². The van der Waals surface area contributed by atoms with Crippen molar-refractivity contribution in [1.82, 2.24) is 4.98 Å². The van der Waals surface area contributed by atoms with Crippen LogP contribution in [0.4, 0.5) is 0 Å². The van der Waals surface area contributed by atoms with Crippen LogP contribution in [0.3, 0.4) is 0 Å². The van der Waals surface area contributed by atoms with Crippen molar-refractivity contribution >= 4 is 6.29 Å². The summed E-state index contributed by atoms with van der Waals surface area (Å²) in [4.78, 5) is 13.4. The second-order valence-corrected chi connectivity index (χ2v) is 2.63. The standard InChI is InChI=1S/C8H9NO2/c10-4-8-7-5-11-2-1-6(7)3-9-8/h3-4,9H,1-2,5H2. The lowest BCUT2D eigenvalue weighted by Crippen LogP contribution is -2.08. The van der Waals surface area contributed by atoms with Gasteiger partial charge in [0.1, 0.15) is 0 Å². The molecule has 0 radical (unpaired) electrons. The van der Waals surface area contributed by atoms with Gasteiger partial charge in [-0.25, -0.2) is 0 Å². The quantitative estimate of drug-likeness (QED) is 0.606. The summed E-state index contributed by atoms with van der Waals surface area (Å²) in [7, 11) is 0. The first-order valence-corrected chi connectivity index (χ1v) is 3.64. The van der Waals surface area contributed by atoms with Gasteiger partial charge in [-0.2, -0.15) is 0 Å². The molecule has 3 nitrogen and oxygen atoms in total. The minimum atomic E-state index is 0.576. The van der Waals surface area contributed by atoms with E-state index in [0.29, 0.717) is 12.3 Å². The molecule has 0 aromatic carbocycles. The maximum absolute atomic E-state index is 10.5. The Morgan fingerprint density at radius 1 is 1.64 bits per heavy atom. The number of carbonyl (C=O) groups excluding carboxylic acids is 1. The van der Waals surface area contributed by atoms with Crippen LogP contribution in [-0.2, 0) is 17.8 Å². The smallest absolute Gasteiger partial charge is 0.166 e. The molecular formula is C8H9NO2. The van der Waals surface area contributed by atoms with Crippen LogP contribution in [0.25, 0.3) is 0 Å². The molecule has 1 aromatic heterocycles. The number of fused-ring (bicyclic) bond motifs is 1. The minimum absolute atomic E-state index is 0.576. The van der Waals surface area contributed by atoms with Gasteiger partial charge in [0, 0.05) is 11.8 Å². The Balaban J connectivity index is 2.45. The summed E-state index contributed by atoms with van der Waals surface area (Å²) in [6.45, 7) is 1.34. The van der Waals surface area contributed by atoms with E-state index in [4.69, 9.17) is 4.74 Å². The normalized spacial score (nSPS) is 16.0. The minimum Gasteiger partial charge on any atom is -0.376 e. The van der Waals surface area contributed by atoms with Crippen molar-refractivity contribution in [2.45, 2.75) is 13.0 Å². The molecule has 2 heterocycles. The molecule has 2 rings (SSSR count). The Morgan fingerprint density at radius 3 is 3.36 bits per heavy atom. The number of H-pyrrole nitrogens is 1. The highest BCUT2D eigenvalue weighted by Gasteiger charge is 2.14. The third-order valence-corrected chi connectivity index (χ3v) is 1.99. The average Bonchev–Trinajstić information content (AvgIpc) is 2.47. The van der Waals surface area contributed by atoms with Gasteiger partial charge >= 0.3 is 0 Å². The fourth-order valence-electron chi connectivity index (χ4n) is 1.37. The number of carbonyl (C=O) groups is 1. The first kappa shape index (κ1) is 6.61. The predicted molar refractivity (Wildman–Crippen MR) is 39.5 cm³/mol. The lowest BCUT2D eigenvalue weighted by atomic mass is 10.1. The second kappa shape index (κ2) is 2.51. The van der Waals surface area contributed by atoms with Crippen molar-refractivity contribution in [1.29, 1.82) is 0 Å². The molecule has 0 saturated heterocycles. The second-order valence-electron chi connectivity index (χ2n) is 2.63. The van der Waals surface area contributed by atoms with Crippen LogP contribution in [0.5, 0.6) is 0 Å². The van der Waals surface area contributed by atoms with Crippen molar-refractivity contribution in [3.63, 3.8) is 0 Å². The van der Waals surface area contributed by atoms with Crippen molar-refractivity contribution in [2.24, 2.45) is 0 Å². The summed E-state index contributed by atoms with van der Waals surface area (Å²) in [5, 5.41) is 0. The summed E-state index contributed by atoms with van der Waals surface area (Å²) in [6, 6.07) is 0. The van der Waals surface area contributed by atoms with E-state index < -0.39 is 0 Å². The highest BCUT2D eigenvalue weighted by atomic mass is 16.5. The zero-order chi connectivity index (χ0) is 7.68. The molecule has 0 amide bonds. The fourth-order valence-corrected chi connectivity index (χ4v) is 1.37. The van der Waals surface area contributed by atoms with Crippen LogP contribution in [-0.4, -0.2) is 17.9 Å². The van der Waals surface area contributed by atoms with Crippen LogP contribution in [0.15, 0.2) is 6.20 Å². The van der Waals surface area contributed by atoms with Gasteiger partial charge in [0.2, 0.25) is 0 Å². The molecule has 3 heteroatoms. The fraction of sp³-hybridized carbons (Fsp3) is 0.375. The Bertz CT molecular complexity index is 278. The highest BCUT2D eigenvalue weighted by Crippen LogP contribution is 2.18. The number of rotatable bonds is 1. The maximum atomic E-state index is 10.5. The van der Waals surface area contributed by atoms with Crippen molar-refractivity contribution in [3.8, 4) is 0 Å². The molecule has 1 aliphatic rings. The molecule has 1 N–H and O–H groups in total. The van der Waals surface area contributed by atoms with E-state index in [-0.39, 0.29) is 0 Å². The number of hydrogen-bond acceptors (Lipinski definition) is 2. The molecule has 1 aromatic rings. The summed E-state index contributed by atoms with van der Waals surface area (Å²) in [6.07, 6.45) is 3.65. The van der Waals surface area contributed by atoms with Gasteiger partial charge in [0.25, 0.3) is 0 Å². The lowest BCUT2D eigenvalue weighted by molar-refractivity contribution is 0.105. The molecule has 58 valence electrons. The van der Waals surface area contributed by atoms with Gasteiger partial charge in [-0.15, -0.1) is 0 Å². The highest BCUT2D eigenvalue weighted by molar-refractivity contribution is 5.75. The maximum Gasteiger partial charge on any atom is 0.166 e. The number of hydrogen-bond donors (Lipinski definition) is 1. The number of aromatic nitrogens is 1. The Morgan fingerprint density at radius 2 is 2.55 bits per heavy atom. The molecule has 0 aliphatic carbocycles. The summed E-state index contributed by atoms with van der Waals surface area (Å²) in [5.41, 5.74) is 2.92. The Labute approximate surface area is 64.4 Å². The molecule has 0 atom stereocenters. The van der Waals surface area contributed by atoms with Crippen LogP contribution in [0.2, 0.25) is 0 Å². The Kier molecular flexibility index (Phi) is 1.51. The monoisotopic (exact) mass is 151 g/mol. The SMILES string of the molecule is O=Cc1[nH]cc2c1COCC2.